The predicted molar refractivity (Wildman–Crippen MR) is 390 cm³/mol. The summed E-state index contributed by atoms with van der Waals surface area (Å²) >= 11 is 0. The van der Waals surface area contributed by atoms with Crippen molar-refractivity contribution >= 4 is 175 Å². The summed E-state index contributed by atoms with van der Waals surface area (Å²) in [6.07, 6.45) is 0. The Hall–Kier alpha value is -12.4. The first-order valence-electron chi connectivity index (χ1n) is 32.1. The van der Waals surface area contributed by atoms with Crippen LogP contribution in [0.4, 0.5) is 85.3 Å². The van der Waals surface area contributed by atoms with Crippen LogP contribution in [-0.4, -0.2) is 13.4 Å². The summed E-state index contributed by atoms with van der Waals surface area (Å²) in [5, 5.41) is 4.05. The maximum absolute atomic E-state index is 7.56. The van der Waals surface area contributed by atoms with Crippen LogP contribution in [0.25, 0.3) is 43.9 Å². The highest BCUT2D eigenvalue weighted by Crippen LogP contribution is 2.53. The molecule has 0 unspecified atom stereocenters. The van der Waals surface area contributed by atoms with E-state index in [0.29, 0.717) is 0 Å². The highest BCUT2D eigenvalue weighted by atomic mass is 16.5. The van der Waals surface area contributed by atoms with Gasteiger partial charge < -0.3 is 38.1 Å². The summed E-state index contributed by atoms with van der Waals surface area (Å²) in [6.45, 7) is -0.486. The van der Waals surface area contributed by atoms with Crippen molar-refractivity contribution in [1.29, 1.82) is 0 Å². The molecule has 0 amide bonds. The van der Waals surface area contributed by atoms with Gasteiger partial charge in [-0.05, 0) is 167 Å². The average molecular weight is 1200 g/mol. The average Bonchev–Trinajstić information content (AvgIpc) is 1.28. The number of anilines is 15. The quantitative estimate of drug-likeness (QED) is 0.133. The molecule has 0 fully saturated rings. The summed E-state index contributed by atoms with van der Waals surface area (Å²) < 4.78 is 22.2. The van der Waals surface area contributed by atoms with Crippen molar-refractivity contribution in [3.63, 3.8) is 0 Å². The van der Waals surface area contributed by atoms with Crippen LogP contribution in [0, 0.1) is 0 Å². The Morgan fingerprint density at radius 3 is 1.18 bits per heavy atom. The molecule has 0 bridgehead atoms. The third-order valence-corrected chi connectivity index (χ3v) is 19.6. The molecular formula is C84H53B2N5O3. The number of nitrogens with zero attached hydrogens (tertiary/aromatic N) is 5. The molecule has 20 rings (SSSR count). The molecule has 6 heterocycles. The molecule has 0 saturated carbocycles. The summed E-state index contributed by atoms with van der Waals surface area (Å²) in [5.41, 5.74) is 25.8. The first kappa shape index (κ1) is 52.4. The van der Waals surface area contributed by atoms with Crippen molar-refractivity contribution in [1.82, 2.24) is 0 Å². The Morgan fingerprint density at radius 2 is 0.670 bits per heavy atom. The number of ether oxygens (including phenoxy) is 1. The molecule has 0 N–H and O–H groups in total. The van der Waals surface area contributed by atoms with Crippen LogP contribution < -0.4 is 62.0 Å². The number of hydrogen-bond donors (Lipinski definition) is 0. The molecular weight excluding hydrogens is 1150 g/mol. The van der Waals surface area contributed by atoms with Gasteiger partial charge in [0.05, 0.1) is 5.69 Å². The van der Waals surface area contributed by atoms with Gasteiger partial charge in [-0.1, -0.05) is 170 Å². The molecule has 0 radical (unpaired) electrons. The second-order valence-corrected chi connectivity index (χ2v) is 24.7. The topological polar surface area (TPSA) is 51.7 Å². The predicted octanol–water partition coefficient (Wildman–Crippen LogP) is 18.9. The van der Waals surface area contributed by atoms with E-state index in [1.807, 2.05) is 0 Å². The van der Waals surface area contributed by atoms with Crippen molar-refractivity contribution in [2.45, 2.75) is 0 Å². The third-order valence-electron chi connectivity index (χ3n) is 19.6. The van der Waals surface area contributed by atoms with E-state index in [-0.39, 0.29) is 13.4 Å². The lowest BCUT2D eigenvalue weighted by atomic mass is 9.30. The molecule has 438 valence electrons. The zero-order chi connectivity index (χ0) is 61.5. The van der Waals surface area contributed by atoms with E-state index < -0.39 is 0 Å². The summed E-state index contributed by atoms with van der Waals surface area (Å²) in [7, 11) is 0. The molecule has 14 aromatic carbocycles. The van der Waals surface area contributed by atoms with Crippen LogP contribution in [0.5, 0.6) is 11.5 Å². The fraction of sp³-hybridized carbons (Fsp3) is 0. The SMILES string of the molecule is c1ccc(N(c2ccccc2)c2ccc3c(c2)oc2c4c5c(cc23)N(c2ccccc2)c2cc3c(cc2B5c2ccccc2O4)B2c4ccccc4N(c4ccccc4)c4c2c(cc2c4oc4cc(N(c5ccccc5)c5ccccc5)ccc42)N3c2ccccc2)cc1. The normalized spacial score (nSPS) is 13.1. The van der Waals surface area contributed by atoms with Crippen LogP contribution in [0.3, 0.4) is 0 Å². The molecule has 0 spiro atoms. The van der Waals surface area contributed by atoms with E-state index in [4.69, 9.17) is 13.6 Å². The molecule has 16 aromatic rings. The fourth-order valence-electron chi connectivity index (χ4n) is 15.7. The van der Waals surface area contributed by atoms with Crippen molar-refractivity contribution in [3.8, 4) is 11.5 Å². The van der Waals surface area contributed by atoms with Crippen LogP contribution in [0.2, 0.25) is 0 Å². The molecule has 0 saturated heterocycles. The second-order valence-electron chi connectivity index (χ2n) is 24.7. The lowest BCUT2D eigenvalue weighted by Gasteiger charge is -2.46. The Kier molecular flexibility index (Phi) is 11.5. The number of fused-ring (bicyclic) bond motifs is 16. The van der Waals surface area contributed by atoms with Gasteiger partial charge in [0.1, 0.15) is 16.9 Å². The van der Waals surface area contributed by atoms with Gasteiger partial charge in [-0.2, -0.15) is 0 Å². The van der Waals surface area contributed by atoms with Gasteiger partial charge in [0.25, 0.3) is 13.4 Å². The Morgan fingerprint density at radius 1 is 0.266 bits per heavy atom. The zero-order valence-electron chi connectivity index (χ0n) is 50.7. The maximum Gasteiger partial charge on any atom is 0.256 e. The van der Waals surface area contributed by atoms with Gasteiger partial charge >= 0.3 is 0 Å². The van der Waals surface area contributed by atoms with Gasteiger partial charge in [0.15, 0.2) is 16.9 Å². The lowest BCUT2D eigenvalue weighted by Crippen LogP contribution is -2.64. The molecule has 0 atom stereocenters. The van der Waals surface area contributed by atoms with E-state index in [2.05, 4.69) is 346 Å². The van der Waals surface area contributed by atoms with E-state index in [0.717, 1.165) is 152 Å². The summed E-state index contributed by atoms with van der Waals surface area (Å²) in [5.74, 6) is 1.54. The number of benzene rings is 14. The number of furan rings is 2. The lowest BCUT2D eigenvalue weighted by molar-refractivity contribution is 0.481. The first-order chi connectivity index (χ1) is 46.7. The summed E-state index contributed by atoms with van der Waals surface area (Å²) in [4.78, 5) is 12.1. The smallest absolute Gasteiger partial charge is 0.256 e. The van der Waals surface area contributed by atoms with Gasteiger partial charge in [-0.15, -0.1) is 0 Å². The van der Waals surface area contributed by atoms with Gasteiger partial charge in [0.2, 0.25) is 0 Å². The van der Waals surface area contributed by atoms with Gasteiger partial charge in [-0.3, -0.25) is 0 Å². The minimum Gasteiger partial charge on any atom is -0.454 e. The highest BCUT2D eigenvalue weighted by Gasteiger charge is 2.49. The largest absolute Gasteiger partial charge is 0.454 e. The molecule has 2 aromatic heterocycles. The van der Waals surface area contributed by atoms with Crippen LogP contribution in [-0.2, 0) is 0 Å². The van der Waals surface area contributed by atoms with E-state index >= 15 is 0 Å². The minimum absolute atomic E-state index is 0.235. The van der Waals surface area contributed by atoms with Crippen molar-refractivity contribution in [2.75, 3.05) is 24.5 Å². The maximum atomic E-state index is 7.56. The number of para-hydroxylation sites is 9. The fourth-order valence-corrected chi connectivity index (χ4v) is 15.7. The van der Waals surface area contributed by atoms with Crippen LogP contribution >= 0.6 is 0 Å². The molecule has 4 aliphatic heterocycles. The van der Waals surface area contributed by atoms with Crippen molar-refractivity contribution in [3.05, 3.63) is 322 Å². The monoisotopic (exact) mass is 1200 g/mol. The van der Waals surface area contributed by atoms with E-state index in [1.54, 1.807) is 0 Å². The highest BCUT2D eigenvalue weighted by molar-refractivity contribution is 7.03. The zero-order valence-corrected chi connectivity index (χ0v) is 50.7. The van der Waals surface area contributed by atoms with E-state index in [1.165, 1.54) is 21.9 Å². The Bertz CT molecular complexity index is 5620. The van der Waals surface area contributed by atoms with Crippen molar-refractivity contribution in [2.24, 2.45) is 0 Å². The van der Waals surface area contributed by atoms with E-state index in [9.17, 15) is 0 Å². The summed E-state index contributed by atoms with van der Waals surface area (Å²) in [6, 6.07) is 116. The molecule has 4 aliphatic rings. The van der Waals surface area contributed by atoms with Gasteiger partial charge in [0, 0.05) is 119 Å². The van der Waals surface area contributed by atoms with Crippen LogP contribution in [0.15, 0.2) is 330 Å². The standard InChI is InChI=1S/C84H53B2N5O3/c1-8-26-54(27-9-1)87(55-28-10-2-11-29-55)61-44-46-63-65-50-74-79-81(82(65)93-77(63)48-61)91(60-38-20-7-21-39-60)71-42-24-22-40-67(71)85(79)69-52-70-73(53-72(69)89(74)58-34-16-5-17-35-58)90(59-36-18-6-19-37-59)75-51-66-64-47-45-62(88(56-30-12-3-13-31-56)57-32-14-4-15-33-57)49-78(64)94-83(66)84-80(75)86(70)68-41-23-25-43-76(68)92-84/h1-53H. The van der Waals surface area contributed by atoms with Gasteiger partial charge in [-0.25, -0.2) is 0 Å². The molecule has 8 nitrogen and oxygen atoms in total. The molecule has 0 aliphatic carbocycles. The Labute approximate surface area is 543 Å². The third kappa shape index (κ3) is 7.77. The number of hydrogen-bond acceptors (Lipinski definition) is 8. The van der Waals surface area contributed by atoms with Crippen molar-refractivity contribution < 1.29 is 13.6 Å². The first-order valence-corrected chi connectivity index (χ1v) is 32.1. The second kappa shape index (κ2) is 20.6. The van der Waals surface area contributed by atoms with Crippen LogP contribution in [0.1, 0.15) is 0 Å². The number of rotatable bonds is 9. The molecule has 10 heteroatoms. The Balaban J connectivity index is 0.857. The minimum atomic E-state index is -0.251. The molecule has 94 heavy (non-hydrogen) atoms.